The number of benzene rings is 2. The Labute approximate surface area is 128 Å². The number of hydrogen-bond acceptors (Lipinski definition) is 2. The van der Waals surface area contributed by atoms with Crippen LogP contribution in [0, 0.1) is 0 Å². The lowest BCUT2D eigenvalue weighted by atomic mass is 9.99. The highest BCUT2D eigenvalue weighted by molar-refractivity contribution is 7.17. The highest BCUT2D eigenvalue weighted by Gasteiger charge is 2.12. The fraction of sp³-hybridized carbons (Fsp3) is 0.176. The second-order valence-corrected chi connectivity index (χ2v) is 6.20. The van der Waals surface area contributed by atoms with E-state index in [0.717, 1.165) is 11.4 Å². The first-order valence-electron chi connectivity index (χ1n) is 6.66. The first-order chi connectivity index (χ1) is 9.78. The number of likely N-dealkylation sites (N-methyl/N-ethyl adjacent to an activating group) is 1. The van der Waals surface area contributed by atoms with Gasteiger partial charge in [0.1, 0.15) is 0 Å². The van der Waals surface area contributed by atoms with Crippen LogP contribution in [0.2, 0.25) is 5.02 Å². The van der Waals surface area contributed by atoms with E-state index >= 15 is 0 Å². The lowest BCUT2D eigenvalue weighted by Crippen LogP contribution is -2.18. The van der Waals surface area contributed by atoms with Crippen molar-refractivity contribution in [2.45, 2.75) is 12.5 Å². The van der Waals surface area contributed by atoms with Crippen LogP contribution >= 0.6 is 22.9 Å². The third-order valence-electron chi connectivity index (χ3n) is 3.61. The molecule has 1 unspecified atom stereocenters. The molecule has 0 saturated heterocycles. The molecule has 1 heterocycles. The van der Waals surface area contributed by atoms with Gasteiger partial charge in [-0.25, -0.2) is 0 Å². The van der Waals surface area contributed by atoms with Crippen LogP contribution in [0.1, 0.15) is 17.2 Å². The summed E-state index contributed by atoms with van der Waals surface area (Å²) < 4.78 is 1.36. The first kappa shape index (κ1) is 13.6. The van der Waals surface area contributed by atoms with E-state index < -0.39 is 0 Å². The summed E-state index contributed by atoms with van der Waals surface area (Å²) in [4.78, 5) is 0. The van der Waals surface area contributed by atoms with Gasteiger partial charge in [-0.3, -0.25) is 0 Å². The predicted molar refractivity (Wildman–Crippen MR) is 88.8 cm³/mol. The van der Waals surface area contributed by atoms with Crippen LogP contribution in [0.15, 0.2) is 53.9 Å². The third-order valence-corrected chi connectivity index (χ3v) is 4.87. The summed E-state index contributed by atoms with van der Waals surface area (Å²) in [5.74, 6) is 0. The fourth-order valence-electron chi connectivity index (χ4n) is 2.49. The van der Waals surface area contributed by atoms with Gasteiger partial charge in [-0.2, -0.15) is 0 Å². The van der Waals surface area contributed by atoms with Gasteiger partial charge in [0.15, 0.2) is 0 Å². The molecule has 0 spiro atoms. The highest BCUT2D eigenvalue weighted by Crippen LogP contribution is 2.29. The molecule has 1 atom stereocenters. The van der Waals surface area contributed by atoms with E-state index in [1.807, 2.05) is 30.5 Å². The van der Waals surface area contributed by atoms with Crippen LogP contribution in [0.5, 0.6) is 0 Å². The molecule has 0 aliphatic carbocycles. The Morgan fingerprint density at radius 3 is 2.60 bits per heavy atom. The van der Waals surface area contributed by atoms with Crippen molar-refractivity contribution in [1.82, 2.24) is 5.32 Å². The maximum absolute atomic E-state index is 5.96. The van der Waals surface area contributed by atoms with Crippen molar-refractivity contribution >= 4 is 33.0 Å². The SMILES string of the molecule is CNC(Cc1csc2ccccc12)c1ccc(Cl)cc1. The van der Waals surface area contributed by atoms with Crippen LogP contribution < -0.4 is 5.32 Å². The van der Waals surface area contributed by atoms with E-state index in [0.29, 0.717) is 6.04 Å². The van der Waals surface area contributed by atoms with E-state index in [2.05, 4.69) is 47.1 Å². The standard InChI is InChI=1S/C17H16ClNS/c1-19-16(12-6-8-14(18)9-7-12)10-13-11-20-17-5-3-2-4-15(13)17/h2-9,11,16,19H,10H2,1H3. The molecular formula is C17H16ClNS. The van der Waals surface area contributed by atoms with Crippen LogP contribution in [-0.2, 0) is 6.42 Å². The summed E-state index contributed by atoms with van der Waals surface area (Å²) in [5.41, 5.74) is 2.67. The van der Waals surface area contributed by atoms with Gasteiger partial charge in [0.05, 0.1) is 0 Å². The van der Waals surface area contributed by atoms with Crippen LogP contribution in [0.4, 0.5) is 0 Å². The molecule has 20 heavy (non-hydrogen) atoms. The Morgan fingerprint density at radius 1 is 1.10 bits per heavy atom. The minimum atomic E-state index is 0.310. The molecule has 102 valence electrons. The summed E-state index contributed by atoms with van der Waals surface area (Å²) in [5, 5.41) is 7.82. The summed E-state index contributed by atoms with van der Waals surface area (Å²) in [6, 6.07) is 17.0. The normalized spacial score (nSPS) is 12.7. The van der Waals surface area contributed by atoms with Crippen molar-refractivity contribution in [3.63, 3.8) is 0 Å². The maximum atomic E-state index is 5.96. The van der Waals surface area contributed by atoms with Gasteiger partial charge in [0.25, 0.3) is 0 Å². The predicted octanol–water partition coefficient (Wildman–Crippen LogP) is 5.06. The van der Waals surface area contributed by atoms with Crippen molar-refractivity contribution in [1.29, 1.82) is 0 Å². The Balaban J connectivity index is 1.89. The van der Waals surface area contributed by atoms with Crippen molar-refractivity contribution in [2.75, 3.05) is 7.05 Å². The summed E-state index contributed by atoms with van der Waals surface area (Å²) in [6.07, 6.45) is 0.988. The van der Waals surface area contributed by atoms with Crippen molar-refractivity contribution in [2.24, 2.45) is 0 Å². The van der Waals surface area contributed by atoms with Gasteiger partial charge >= 0.3 is 0 Å². The molecular weight excluding hydrogens is 286 g/mol. The second-order valence-electron chi connectivity index (χ2n) is 4.85. The quantitative estimate of drug-likeness (QED) is 0.710. The second kappa shape index (κ2) is 5.96. The molecule has 0 amide bonds. The average molecular weight is 302 g/mol. The van der Waals surface area contributed by atoms with Gasteiger partial charge in [-0.15, -0.1) is 11.3 Å². The van der Waals surface area contributed by atoms with E-state index in [1.165, 1.54) is 21.2 Å². The van der Waals surface area contributed by atoms with Crippen LogP contribution in [-0.4, -0.2) is 7.05 Å². The summed E-state index contributed by atoms with van der Waals surface area (Å²) >= 11 is 7.78. The Hall–Kier alpha value is -1.35. The molecule has 1 N–H and O–H groups in total. The molecule has 1 nitrogen and oxygen atoms in total. The molecule has 3 aromatic rings. The summed E-state index contributed by atoms with van der Waals surface area (Å²) in [7, 11) is 2.01. The van der Waals surface area contributed by atoms with Crippen LogP contribution in [0.25, 0.3) is 10.1 Å². The highest BCUT2D eigenvalue weighted by atomic mass is 35.5. The Kier molecular flexibility index (Phi) is 4.06. The molecule has 0 aliphatic heterocycles. The molecule has 0 fully saturated rings. The molecule has 3 rings (SSSR count). The zero-order valence-electron chi connectivity index (χ0n) is 11.3. The minimum absolute atomic E-state index is 0.310. The Morgan fingerprint density at radius 2 is 1.85 bits per heavy atom. The average Bonchev–Trinajstić information content (AvgIpc) is 2.89. The van der Waals surface area contributed by atoms with Gasteiger partial charge in [0, 0.05) is 15.8 Å². The largest absolute Gasteiger partial charge is 0.313 e. The van der Waals surface area contributed by atoms with E-state index in [1.54, 1.807) is 0 Å². The van der Waals surface area contributed by atoms with Gasteiger partial charge in [0.2, 0.25) is 0 Å². The van der Waals surface area contributed by atoms with E-state index in [9.17, 15) is 0 Å². The van der Waals surface area contributed by atoms with E-state index in [-0.39, 0.29) is 0 Å². The van der Waals surface area contributed by atoms with Crippen molar-refractivity contribution < 1.29 is 0 Å². The zero-order valence-corrected chi connectivity index (χ0v) is 12.8. The van der Waals surface area contributed by atoms with Gasteiger partial charge in [-0.05, 0) is 53.6 Å². The minimum Gasteiger partial charge on any atom is -0.313 e. The number of fused-ring (bicyclic) bond motifs is 1. The van der Waals surface area contributed by atoms with Crippen molar-refractivity contribution in [3.05, 3.63) is 70.1 Å². The lowest BCUT2D eigenvalue weighted by molar-refractivity contribution is 0.594. The third kappa shape index (κ3) is 2.73. The molecule has 0 saturated carbocycles. The number of halogens is 1. The molecule has 0 bridgehead atoms. The monoisotopic (exact) mass is 301 g/mol. The molecule has 3 heteroatoms. The zero-order chi connectivity index (χ0) is 13.9. The topological polar surface area (TPSA) is 12.0 Å². The van der Waals surface area contributed by atoms with Gasteiger partial charge < -0.3 is 5.32 Å². The first-order valence-corrected chi connectivity index (χ1v) is 7.91. The van der Waals surface area contributed by atoms with Gasteiger partial charge in [-0.1, -0.05) is 41.9 Å². The van der Waals surface area contributed by atoms with E-state index in [4.69, 9.17) is 11.6 Å². The number of thiophene rings is 1. The van der Waals surface area contributed by atoms with Crippen molar-refractivity contribution in [3.8, 4) is 0 Å². The molecule has 1 aromatic heterocycles. The Bertz CT molecular complexity index is 702. The number of rotatable bonds is 4. The maximum Gasteiger partial charge on any atom is 0.0406 e. The van der Waals surface area contributed by atoms with Crippen LogP contribution in [0.3, 0.4) is 0 Å². The molecule has 0 radical (unpaired) electrons. The molecule has 0 aliphatic rings. The fourth-order valence-corrected chi connectivity index (χ4v) is 3.59. The smallest absolute Gasteiger partial charge is 0.0406 e. The number of hydrogen-bond donors (Lipinski definition) is 1. The molecule has 2 aromatic carbocycles. The lowest BCUT2D eigenvalue weighted by Gasteiger charge is -2.16. The summed E-state index contributed by atoms with van der Waals surface area (Å²) in [6.45, 7) is 0. The number of nitrogens with one attached hydrogen (secondary N) is 1.